The lowest BCUT2D eigenvalue weighted by Crippen LogP contribution is -2.45. The van der Waals surface area contributed by atoms with Gasteiger partial charge in [0.15, 0.2) is 5.96 Å². The van der Waals surface area contributed by atoms with Crippen molar-refractivity contribution < 1.29 is 9.47 Å². The number of nitrogens with zero attached hydrogens (tertiary/aromatic N) is 3. The smallest absolute Gasteiger partial charge is 0.191 e. The minimum atomic E-state index is -0.0287. The first-order valence-corrected chi connectivity index (χ1v) is 11.0. The lowest BCUT2D eigenvalue weighted by atomic mass is 10.2. The third-order valence-corrected chi connectivity index (χ3v) is 5.20. The Morgan fingerprint density at radius 1 is 1.19 bits per heavy atom. The average Bonchev–Trinajstić information content (AvgIpc) is 2.75. The van der Waals surface area contributed by atoms with Crippen molar-refractivity contribution in [3.63, 3.8) is 0 Å². The van der Waals surface area contributed by atoms with Crippen molar-refractivity contribution in [1.82, 2.24) is 15.6 Å². The van der Waals surface area contributed by atoms with Gasteiger partial charge >= 0.3 is 0 Å². The fraction of sp³-hybridized carbons (Fsp3) is 0.478. The van der Waals surface area contributed by atoms with Crippen molar-refractivity contribution in [2.45, 2.75) is 45.6 Å². The molecule has 0 saturated carbocycles. The van der Waals surface area contributed by atoms with Crippen molar-refractivity contribution in [1.29, 1.82) is 0 Å². The van der Waals surface area contributed by atoms with E-state index in [1.807, 2.05) is 37.4 Å². The van der Waals surface area contributed by atoms with E-state index in [4.69, 9.17) is 21.1 Å². The van der Waals surface area contributed by atoms with Gasteiger partial charge in [0.05, 0.1) is 18.8 Å². The predicted molar refractivity (Wildman–Crippen MR) is 142 cm³/mol. The Hall–Kier alpha value is -1.78. The molecule has 3 rings (SSSR count). The largest absolute Gasteiger partial charge is 0.489 e. The zero-order chi connectivity index (χ0) is 22.2. The van der Waals surface area contributed by atoms with Gasteiger partial charge in [-0.3, -0.25) is 4.99 Å². The average molecular weight is 574 g/mol. The summed E-state index contributed by atoms with van der Waals surface area (Å²) in [5.41, 5.74) is 1.09. The second-order valence-corrected chi connectivity index (χ2v) is 8.31. The van der Waals surface area contributed by atoms with Crippen molar-refractivity contribution >= 4 is 47.4 Å². The number of halogens is 2. The van der Waals surface area contributed by atoms with Crippen LogP contribution in [0.15, 0.2) is 47.6 Å². The molecule has 1 aromatic carbocycles. The summed E-state index contributed by atoms with van der Waals surface area (Å²) in [7, 11) is 1.75. The maximum Gasteiger partial charge on any atom is 0.191 e. The van der Waals surface area contributed by atoms with E-state index in [-0.39, 0.29) is 42.3 Å². The molecule has 0 amide bonds. The van der Waals surface area contributed by atoms with Crippen LogP contribution in [0.3, 0.4) is 0 Å². The normalized spacial score (nSPS) is 19.7. The monoisotopic (exact) mass is 573 g/mol. The quantitative estimate of drug-likeness (QED) is 0.295. The molecule has 32 heavy (non-hydrogen) atoms. The number of aliphatic imine (C=N–C) groups is 1. The molecule has 0 spiro atoms. The standard InChI is InChI=1S/C23H32ClN5O2.HI/c1-16(31-21-8-6-20(24)7-9-21)11-27-23(25-4)28-13-19-5-10-22(26-12-19)29-14-17(2)30-18(3)15-29;/h5-10,12,16-18H,11,13-15H2,1-4H3,(H2,25,27,28);1H. The number of hydrogen-bond donors (Lipinski definition) is 2. The number of rotatable bonds is 7. The third kappa shape index (κ3) is 8.29. The first-order chi connectivity index (χ1) is 14.9. The number of aromatic nitrogens is 1. The lowest BCUT2D eigenvalue weighted by molar-refractivity contribution is -0.00545. The summed E-state index contributed by atoms with van der Waals surface area (Å²) in [6.45, 7) is 9.18. The molecule has 0 bridgehead atoms. The molecule has 1 aliphatic heterocycles. The highest BCUT2D eigenvalue weighted by Crippen LogP contribution is 2.18. The summed E-state index contributed by atoms with van der Waals surface area (Å²) in [6, 6.07) is 11.5. The van der Waals surface area contributed by atoms with E-state index in [1.54, 1.807) is 7.05 Å². The fourth-order valence-corrected chi connectivity index (χ4v) is 3.63. The minimum absolute atomic E-state index is 0. The van der Waals surface area contributed by atoms with Crippen molar-refractivity contribution in [3.05, 3.63) is 53.2 Å². The molecule has 2 heterocycles. The van der Waals surface area contributed by atoms with Gasteiger partial charge in [-0.1, -0.05) is 17.7 Å². The van der Waals surface area contributed by atoms with E-state index in [9.17, 15) is 0 Å². The maximum atomic E-state index is 5.91. The number of benzene rings is 1. The van der Waals surface area contributed by atoms with E-state index in [0.717, 1.165) is 30.2 Å². The van der Waals surface area contributed by atoms with Gasteiger partial charge in [0.2, 0.25) is 0 Å². The van der Waals surface area contributed by atoms with Gasteiger partial charge in [-0.05, 0) is 56.7 Å². The Balaban J connectivity index is 0.00000363. The number of pyridine rings is 1. The van der Waals surface area contributed by atoms with Crippen LogP contribution in [0.5, 0.6) is 5.75 Å². The molecule has 9 heteroatoms. The molecular formula is C23H33ClIN5O2. The van der Waals surface area contributed by atoms with E-state index in [2.05, 4.69) is 51.5 Å². The molecule has 1 fully saturated rings. The van der Waals surface area contributed by atoms with Gasteiger partial charge in [-0.2, -0.15) is 0 Å². The molecule has 1 saturated heterocycles. The van der Waals surface area contributed by atoms with Crippen LogP contribution in [0.2, 0.25) is 5.02 Å². The second-order valence-electron chi connectivity index (χ2n) is 7.88. The summed E-state index contributed by atoms with van der Waals surface area (Å²) in [5, 5.41) is 7.30. The van der Waals surface area contributed by atoms with Crippen LogP contribution < -0.4 is 20.3 Å². The van der Waals surface area contributed by atoms with Crippen LogP contribution >= 0.6 is 35.6 Å². The van der Waals surface area contributed by atoms with E-state index in [0.29, 0.717) is 24.1 Å². The zero-order valence-electron chi connectivity index (χ0n) is 19.0. The van der Waals surface area contributed by atoms with Gasteiger partial charge in [0, 0.05) is 37.9 Å². The first-order valence-electron chi connectivity index (χ1n) is 10.6. The molecule has 0 radical (unpaired) electrons. The molecule has 3 unspecified atom stereocenters. The number of hydrogen-bond acceptors (Lipinski definition) is 5. The van der Waals surface area contributed by atoms with Crippen LogP contribution in [0.25, 0.3) is 0 Å². The summed E-state index contributed by atoms with van der Waals surface area (Å²) in [5.74, 6) is 2.49. The summed E-state index contributed by atoms with van der Waals surface area (Å²) in [4.78, 5) is 11.2. The van der Waals surface area contributed by atoms with E-state index < -0.39 is 0 Å². The van der Waals surface area contributed by atoms with Gasteiger partial charge < -0.3 is 25.0 Å². The van der Waals surface area contributed by atoms with Crippen LogP contribution in [0.1, 0.15) is 26.3 Å². The third-order valence-electron chi connectivity index (χ3n) is 4.94. The minimum Gasteiger partial charge on any atom is -0.489 e. The van der Waals surface area contributed by atoms with Crippen molar-refractivity contribution in [3.8, 4) is 5.75 Å². The topological polar surface area (TPSA) is 71.0 Å². The molecule has 7 nitrogen and oxygen atoms in total. The molecular weight excluding hydrogens is 541 g/mol. The molecule has 2 N–H and O–H groups in total. The number of anilines is 1. The number of morpholine rings is 1. The number of ether oxygens (including phenoxy) is 2. The maximum absolute atomic E-state index is 5.91. The van der Waals surface area contributed by atoms with Crippen LogP contribution in [-0.4, -0.2) is 55.9 Å². The van der Waals surface area contributed by atoms with Gasteiger partial charge in [0.1, 0.15) is 17.7 Å². The summed E-state index contributed by atoms with van der Waals surface area (Å²) < 4.78 is 11.7. The zero-order valence-corrected chi connectivity index (χ0v) is 22.1. The Kier molecular flexibility index (Phi) is 10.8. The highest BCUT2D eigenvalue weighted by atomic mass is 127. The molecule has 1 aliphatic rings. The van der Waals surface area contributed by atoms with Crippen LogP contribution in [0.4, 0.5) is 5.82 Å². The molecule has 3 atom stereocenters. The second kappa shape index (κ2) is 13.1. The molecule has 0 aliphatic carbocycles. The van der Waals surface area contributed by atoms with Crippen molar-refractivity contribution in [2.24, 2.45) is 4.99 Å². The molecule has 176 valence electrons. The van der Waals surface area contributed by atoms with Crippen molar-refractivity contribution in [2.75, 3.05) is 31.6 Å². The number of nitrogens with one attached hydrogen (secondary N) is 2. The molecule has 2 aromatic rings. The number of guanidine groups is 1. The Labute approximate surface area is 213 Å². The highest BCUT2D eigenvalue weighted by molar-refractivity contribution is 14.0. The van der Waals surface area contributed by atoms with Crippen LogP contribution in [0, 0.1) is 0 Å². The Morgan fingerprint density at radius 2 is 1.88 bits per heavy atom. The highest BCUT2D eigenvalue weighted by Gasteiger charge is 2.22. The Morgan fingerprint density at radius 3 is 2.47 bits per heavy atom. The lowest BCUT2D eigenvalue weighted by Gasteiger charge is -2.36. The van der Waals surface area contributed by atoms with E-state index >= 15 is 0 Å². The molecule has 1 aromatic heterocycles. The van der Waals surface area contributed by atoms with Gasteiger partial charge in [-0.25, -0.2) is 4.98 Å². The van der Waals surface area contributed by atoms with Crippen LogP contribution in [-0.2, 0) is 11.3 Å². The predicted octanol–water partition coefficient (Wildman–Crippen LogP) is 4.10. The van der Waals surface area contributed by atoms with Gasteiger partial charge in [-0.15, -0.1) is 24.0 Å². The first kappa shape index (κ1) is 26.5. The fourth-order valence-electron chi connectivity index (χ4n) is 3.51. The summed E-state index contributed by atoms with van der Waals surface area (Å²) >= 11 is 5.91. The van der Waals surface area contributed by atoms with Gasteiger partial charge in [0.25, 0.3) is 0 Å². The SMILES string of the molecule is CN=C(NCc1ccc(N2CC(C)OC(C)C2)nc1)NCC(C)Oc1ccc(Cl)cc1.I. The Bertz CT molecular complexity index is 840. The van der Waals surface area contributed by atoms with E-state index in [1.165, 1.54) is 0 Å². The summed E-state index contributed by atoms with van der Waals surface area (Å²) in [6.07, 6.45) is 2.31.